The van der Waals surface area contributed by atoms with Crippen LogP contribution in [0.2, 0.25) is 0 Å². The Morgan fingerprint density at radius 3 is 2.61 bits per heavy atom. The number of carbonyl (C=O) groups excluding carboxylic acids is 2. The third-order valence-corrected chi connectivity index (χ3v) is 4.85. The van der Waals surface area contributed by atoms with Crippen molar-refractivity contribution in [2.75, 3.05) is 17.3 Å². The molecule has 0 aliphatic heterocycles. The predicted molar refractivity (Wildman–Crippen MR) is 112 cm³/mol. The first kappa shape index (κ1) is 21.4. The maximum atomic E-state index is 12.8. The van der Waals surface area contributed by atoms with Crippen molar-refractivity contribution in [2.24, 2.45) is 0 Å². The van der Waals surface area contributed by atoms with Crippen LogP contribution in [0.4, 0.5) is 11.4 Å². The number of rotatable bonds is 8. The van der Waals surface area contributed by atoms with E-state index in [2.05, 4.69) is 10.6 Å². The quantitative estimate of drug-likeness (QED) is 0.519. The number of hydrogen-bond donors (Lipinski definition) is 2. The largest absolute Gasteiger partial charge is 0.340 e. The number of thioether (sulfide) groups is 1. The Kier molecular flexibility index (Phi) is 7.57. The van der Waals surface area contributed by atoms with Crippen molar-refractivity contribution in [3.63, 3.8) is 0 Å². The Hall–Kier alpha value is -2.87. The van der Waals surface area contributed by atoms with Crippen LogP contribution in [-0.2, 0) is 4.79 Å². The number of amides is 2. The summed E-state index contributed by atoms with van der Waals surface area (Å²) in [6.07, 6.45) is 2.36. The summed E-state index contributed by atoms with van der Waals surface area (Å²) in [4.78, 5) is 35.7. The minimum absolute atomic E-state index is 0.142. The van der Waals surface area contributed by atoms with Gasteiger partial charge in [0.05, 0.1) is 4.92 Å². The monoisotopic (exact) mass is 401 g/mol. The Morgan fingerprint density at radius 1 is 1.18 bits per heavy atom. The van der Waals surface area contributed by atoms with E-state index in [0.717, 1.165) is 11.1 Å². The van der Waals surface area contributed by atoms with Crippen LogP contribution in [0.15, 0.2) is 42.5 Å². The van der Waals surface area contributed by atoms with Gasteiger partial charge in [-0.1, -0.05) is 18.2 Å². The van der Waals surface area contributed by atoms with Crippen molar-refractivity contribution in [1.29, 1.82) is 0 Å². The highest BCUT2D eigenvalue weighted by atomic mass is 32.2. The highest BCUT2D eigenvalue weighted by Crippen LogP contribution is 2.18. The first-order chi connectivity index (χ1) is 13.3. The third kappa shape index (κ3) is 5.82. The molecule has 7 nitrogen and oxygen atoms in total. The summed E-state index contributed by atoms with van der Waals surface area (Å²) in [5.74, 6) is -0.160. The van der Waals surface area contributed by atoms with Crippen molar-refractivity contribution in [3.05, 3.63) is 69.3 Å². The van der Waals surface area contributed by atoms with Gasteiger partial charge in [0.15, 0.2) is 0 Å². The summed E-state index contributed by atoms with van der Waals surface area (Å²) < 4.78 is 0. The molecule has 0 fully saturated rings. The molecule has 2 amide bonds. The van der Waals surface area contributed by atoms with Gasteiger partial charge < -0.3 is 10.6 Å². The van der Waals surface area contributed by atoms with E-state index in [9.17, 15) is 19.7 Å². The fourth-order valence-corrected chi connectivity index (χ4v) is 3.07. The fourth-order valence-electron chi connectivity index (χ4n) is 2.60. The molecule has 148 valence electrons. The zero-order chi connectivity index (χ0) is 20.7. The van der Waals surface area contributed by atoms with Crippen molar-refractivity contribution in [3.8, 4) is 0 Å². The predicted octanol–water partition coefficient (Wildman–Crippen LogP) is 3.70. The molecule has 8 heteroatoms. The van der Waals surface area contributed by atoms with Crippen molar-refractivity contribution in [2.45, 2.75) is 26.3 Å². The number of nitro groups is 1. The number of aryl methyl sites for hydroxylation is 2. The van der Waals surface area contributed by atoms with Crippen LogP contribution in [0, 0.1) is 24.0 Å². The number of carbonyl (C=O) groups is 2. The molecule has 2 rings (SSSR count). The van der Waals surface area contributed by atoms with E-state index in [1.54, 1.807) is 11.8 Å². The zero-order valence-electron chi connectivity index (χ0n) is 16.0. The van der Waals surface area contributed by atoms with E-state index in [1.165, 1.54) is 24.3 Å². The maximum Gasteiger partial charge on any atom is 0.270 e. The lowest BCUT2D eigenvalue weighted by Gasteiger charge is -2.19. The van der Waals surface area contributed by atoms with Crippen LogP contribution in [0.25, 0.3) is 0 Å². The number of anilines is 1. The van der Waals surface area contributed by atoms with Gasteiger partial charge in [0.25, 0.3) is 11.6 Å². The van der Waals surface area contributed by atoms with E-state index < -0.39 is 16.9 Å². The lowest BCUT2D eigenvalue weighted by molar-refractivity contribution is -0.384. The molecule has 0 radical (unpaired) electrons. The minimum atomic E-state index is -0.751. The lowest BCUT2D eigenvalue weighted by atomic mass is 10.1. The molecule has 1 atom stereocenters. The van der Waals surface area contributed by atoms with Crippen LogP contribution >= 0.6 is 11.8 Å². The van der Waals surface area contributed by atoms with E-state index >= 15 is 0 Å². The molecule has 0 aliphatic rings. The number of benzene rings is 2. The van der Waals surface area contributed by atoms with Gasteiger partial charge >= 0.3 is 0 Å². The van der Waals surface area contributed by atoms with E-state index in [-0.39, 0.29) is 17.2 Å². The average Bonchev–Trinajstić information content (AvgIpc) is 2.67. The lowest BCUT2D eigenvalue weighted by Crippen LogP contribution is -2.44. The number of nitrogens with one attached hydrogen (secondary N) is 2. The number of nitrogens with zero attached hydrogens (tertiary/aromatic N) is 1. The molecule has 0 saturated carbocycles. The number of nitro benzene ring substituents is 1. The van der Waals surface area contributed by atoms with Gasteiger partial charge in [-0.25, -0.2) is 0 Å². The summed E-state index contributed by atoms with van der Waals surface area (Å²) in [6, 6.07) is 10.4. The highest BCUT2D eigenvalue weighted by molar-refractivity contribution is 7.98. The van der Waals surface area contributed by atoms with Gasteiger partial charge in [-0.15, -0.1) is 0 Å². The molecule has 0 aromatic heterocycles. The van der Waals surface area contributed by atoms with Crippen LogP contribution < -0.4 is 10.6 Å². The summed E-state index contributed by atoms with van der Waals surface area (Å²) in [5.41, 5.74) is 2.61. The van der Waals surface area contributed by atoms with Gasteiger partial charge in [-0.05, 0) is 55.5 Å². The normalized spacial score (nSPS) is 11.5. The van der Waals surface area contributed by atoms with Crippen LogP contribution in [0.3, 0.4) is 0 Å². The fraction of sp³-hybridized carbons (Fsp3) is 0.300. The second kappa shape index (κ2) is 9.89. The molecule has 0 heterocycles. The molecule has 2 aromatic carbocycles. The minimum Gasteiger partial charge on any atom is -0.340 e. The Balaban J connectivity index is 2.17. The third-order valence-electron chi connectivity index (χ3n) is 4.20. The number of non-ortho nitro benzene ring substituents is 1. The molecule has 2 N–H and O–H groups in total. The molecular formula is C20H23N3O4S. The average molecular weight is 401 g/mol. The van der Waals surface area contributed by atoms with Crippen molar-refractivity contribution in [1.82, 2.24) is 5.32 Å². The summed E-state index contributed by atoms with van der Waals surface area (Å²) >= 11 is 1.57. The molecule has 0 bridgehead atoms. The van der Waals surface area contributed by atoms with Crippen LogP contribution in [-0.4, -0.2) is 34.8 Å². The summed E-state index contributed by atoms with van der Waals surface area (Å²) in [6.45, 7) is 3.83. The van der Waals surface area contributed by atoms with Gasteiger partial charge in [0, 0.05) is 23.4 Å². The van der Waals surface area contributed by atoms with Crippen molar-refractivity contribution < 1.29 is 14.5 Å². The zero-order valence-corrected chi connectivity index (χ0v) is 16.8. The van der Waals surface area contributed by atoms with Crippen LogP contribution in [0.1, 0.15) is 27.9 Å². The van der Waals surface area contributed by atoms with Gasteiger partial charge in [0.2, 0.25) is 5.91 Å². The van der Waals surface area contributed by atoms with E-state index in [1.807, 2.05) is 38.3 Å². The molecule has 1 unspecified atom stereocenters. The van der Waals surface area contributed by atoms with Gasteiger partial charge in [-0.3, -0.25) is 19.7 Å². The topological polar surface area (TPSA) is 101 Å². The molecule has 28 heavy (non-hydrogen) atoms. The maximum absolute atomic E-state index is 12.8. The van der Waals surface area contributed by atoms with E-state index in [4.69, 9.17) is 0 Å². The SMILES string of the molecule is CSCCC(NC(=O)c1cccc([N+](=O)[O-])c1)C(=O)Nc1cc(C)ccc1C. The molecule has 2 aromatic rings. The van der Waals surface area contributed by atoms with Gasteiger partial charge in [0.1, 0.15) is 6.04 Å². The highest BCUT2D eigenvalue weighted by Gasteiger charge is 2.22. The van der Waals surface area contributed by atoms with Crippen molar-refractivity contribution >= 4 is 35.0 Å². The molecule has 0 saturated heterocycles. The first-order valence-corrected chi connectivity index (χ1v) is 10.1. The summed E-state index contributed by atoms with van der Waals surface area (Å²) in [7, 11) is 0. The van der Waals surface area contributed by atoms with Crippen LogP contribution in [0.5, 0.6) is 0 Å². The van der Waals surface area contributed by atoms with E-state index in [0.29, 0.717) is 17.9 Å². The molecule has 0 aliphatic carbocycles. The number of hydrogen-bond acceptors (Lipinski definition) is 5. The Labute approximate surface area is 168 Å². The Bertz CT molecular complexity index is 886. The standard InChI is InChI=1S/C20H23N3O4S/c1-13-7-8-14(2)18(11-13)22-20(25)17(9-10-28-3)21-19(24)15-5-4-6-16(12-15)23(26)27/h4-8,11-12,17H,9-10H2,1-3H3,(H,21,24)(H,22,25). The molecular weight excluding hydrogens is 378 g/mol. The van der Waals surface area contributed by atoms with Gasteiger partial charge in [-0.2, -0.15) is 11.8 Å². The second-order valence-corrected chi connectivity index (χ2v) is 7.41. The molecule has 0 spiro atoms. The summed E-state index contributed by atoms with van der Waals surface area (Å²) in [5, 5.41) is 16.5. The second-order valence-electron chi connectivity index (χ2n) is 6.42. The Morgan fingerprint density at radius 2 is 1.93 bits per heavy atom. The first-order valence-electron chi connectivity index (χ1n) is 8.74. The smallest absolute Gasteiger partial charge is 0.270 e.